The van der Waals surface area contributed by atoms with Gasteiger partial charge in [0.15, 0.2) is 0 Å². The van der Waals surface area contributed by atoms with Gasteiger partial charge in [-0.15, -0.1) is 0 Å². The number of rotatable bonds is 3. The van der Waals surface area contributed by atoms with Crippen molar-refractivity contribution in [2.75, 3.05) is 26.2 Å². The van der Waals surface area contributed by atoms with Gasteiger partial charge in [0.1, 0.15) is 0 Å². The van der Waals surface area contributed by atoms with Crippen LogP contribution in [0, 0.1) is 5.92 Å². The maximum Gasteiger partial charge on any atom is 0.0339 e. The lowest BCUT2D eigenvalue weighted by molar-refractivity contribution is 0.0370. The van der Waals surface area contributed by atoms with E-state index in [9.17, 15) is 0 Å². The van der Waals surface area contributed by atoms with Crippen LogP contribution in [0.4, 0.5) is 0 Å². The molecular weight excluding hydrogens is 220 g/mol. The van der Waals surface area contributed by atoms with Crippen molar-refractivity contribution in [3.8, 4) is 0 Å². The Balaban J connectivity index is 2.04. The SMILES string of the molecule is C=C(Cl)CN1CC2CCCN2CC1C(C)C. The summed E-state index contributed by atoms with van der Waals surface area (Å²) in [5, 5.41) is 0.775. The third-order valence-corrected chi connectivity index (χ3v) is 4.10. The Bertz CT molecular complexity index is 265. The van der Waals surface area contributed by atoms with E-state index < -0.39 is 0 Å². The molecule has 2 fully saturated rings. The van der Waals surface area contributed by atoms with E-state index in [2.05, 4.69) is 30.2 Å². The lowest BCUT2D eigenvalue weighted by atomic mass is 9.97. The standard InChI is InChI=1S/C13H23ClN2/c1-10(2)13-9-15-6-4-5-12(15)8-16(13)7-11(3)14/h10,12-13H,3-9H2,1-2H3. The van der Waals surface area contributed by atoms with E-state index in [4.69, 9.17) is 11.6 Å². The van der Waals surface area contributed by atoms with E-state index in [0.29, 0.717) is 12.0 Å². The molecule has 92 valence electrons. The number of hydrogen-bond acceptors (Lipinski definition) is 2. The van der Waals surface area contributed by atoms with Crippen molar-refractivity contribution in [2.45, 2.75) is 38.8 Å². The third-order valence-electron chi connectivity index (χ3n) is 3.98. The topological polar surface area (TPSA) is 6.48 Å². The van der Waals surface area contributed by atoms with Crippen molar-refractivity contribution in [1.29, 1.82) is 0 Å². The second-order valence-corrected chi connectivity index (χ2v) is 6.08. The Morgan fingerprint density at radius 2 is 2.19 bits per heavy atom. The van der Waals surface area contributed by atoms with Crippen LogP contribution < -0.4 is 0 Å². The van der Waals surface area contributed by atoms with Crippen molar-refractivity contribution < 1.29 is 0 Å². The minimum absolute atomic E-state index is 0.643. The van der Waals surface area contributed by atoms with E-state index >= 15 is 0 Å². The largest absolute Gasteiger partial charge is 0.298 e. The molecule has 2 atom stereocenters. The molecule has 0 bridgehead atoms. The number of hydrogen-bond donors (Lipinski definition) is 0. The predicted octanol–water partition coefficient (Wildman–Crippen LogP) is 2.54. The van der Waals surface area contributed by atoms with Crippen molar-refractivity contribution >= 4 is 11.6 Å². The van der Waals surface area contributed by atoms with Gasteiger partial charge in [0, 0.05) is 36.8 Å². The van der Waals surface area contributed by atoms with E-state index in [1.165, 1.54) is 32.5 Å². The highest BCUT2D eigenvalue weighted by molar-refractivity contribution is 6.29. The monoisotopic (exact) mass is 242 g/mol. The summed E-state index contributed by atoms with van der Waals surface area (Å²) in [6.45, 7) is 13.0. The van der Waals surface area contributed by atoms with E-state index in [-0.39, 0.29) is 0 Å². The van der Waals surface area contributed by atoms with Gasteiger partial charge in [-0.25, -0.2) is 0 Å². The molecule has 2 aliphatic heterocycles. The van der Waals surface area contributed by atoms with E-state index in [1.807, 2.05) is 0 Å². The summed E-state index contributed by atoms with van der Waals surface area (Å²) in [7, 11) is 0. The van der Waals surface area contributed by atoms with E-state index in [1.54, 1.807) is 0 Å². The fraction of sp³-hybridized carbons (Fsp3) is 0.846. The minimum atomic E-state index is 0.643. The third kappa shape index (κ3) is 2.61. The Morgan fingerprint density at radius 3 is 2.81 bits per heavy atom. The molecule has 0 aromatic rings. The molecule has 2 nitrogen and oxygen atoms in total. The average molecular weight is 243 g/mol. The number of piperazine rings is 1. The summed E-state index contributed by atoms with van der Waals surface area (Å²) >= 11 is 5.97. The van der Waals surface area contributed by atoms with Gasteiger partial charge < -0.3 is 0 Å². The number of fused-ring (bicyclic) bond motifs is 1. The summed E-state index contributed by atoms with van der Waals surface area (Å²) in [5.74, 6) is 0.692. The molecule has 2 aliphatic rings. The molecule has 0 amide bonds. The summed E-state index contributed by atoms with van der Waals surface area (Å²) < 4.78 is 0. The van der Waals surface area contributed by atoms with Gasteiger partial charge in [-0.05, 0) is 25.3 Å². The Kier molecular flexibility index (Phi) is 3.93. The van der Waals surface area contributed by atoms with Gasteiger partial charge in [0.05, 0.1) is 0 Å². The smallest absolute Gasteiger partial charge is 0.0339 e. The molecule has 16 heavy (non-hydrogen) atoms. The van der Waals surface area contributed by atoms with Crippen LogP contribution in [-0.4, -0.2) is 48.1 Å². The summed E-state index contributed by atoms with van der Waals surface area (Å²) in [6.07, 6.45) is 2.72. The molecule has 0 aliphatic carbocycles. The van der Waals surface area contributed by atoms with Gasteiger partial charge >= 0.3 is 0 Å². The van der Waals surface area contributed by atoms with Gasteiger partial charge in [-0.2, -0.15) is 0 Å². The molecule has 2 saturated heterocycles. The van der Waals surface area contributed by atoms with Crippen molar-refractivity contribution in [3.63, 3.8) is 0 Å². The minimum Gasteiger partial charge on any atom is -0.298 e. The zero-order valence-corrected chi connectivity index (χ0v) is 11.2. The van der Waals surface area contributed by atoms with Crippen molar-refractivity contribution in [1.82, 2.24) is 9.80 Å². The number of halogens is 1. The Hall–Kier alpha value is -0.0500. The maximum absolute atomic E-state index is 5.97. The van der Waals surface area contributed by atoms with Crippen LogP contribution in [0.15, 0.2) is 11.6 Å². The molecular formula is C13H23ClN2. The first-order valence-electron chi connectivity index (χ1n) is 6.39. The number of nitrogens with zero attached hydrogens (tertiary/aromatic N) is 2. The molecule has 3 heteroatoms. The summed E-state index contributed by atoms with van der Waals surface area (Å²) in [4.78, 5) is 5.20. The highest BCUT2D eigenvalue weighted by Gasteiger charge is 2.37. The fourth-order valence-electron chi connectivity index (χ4n) is 3.14. The molecule has 0 aromatic carbocycles. The van der Waals surface area contributed by atoms with Crippen LogP contribution in [0.5, 0.6) is 0 Å². The maximum atomic E-state index is 5.97. The zero-order chi connectivity index (χ0) is 11.7. The van der Waals surface area contributed by atoms with Crippen molar-refractivity contribution in [3.05, 3.63) is 11.6 Å². The van der Waals surface area contributed by atoms with Crippen LogP contribution in [0.2, 0.25) is 0 Å². The van der Waals surface area contributed by atoms with Gasteiger partial charge in [0.25, 0.3) is 0 Å². The molecule has 0 radical (unpaired) electrons. The quantitative estimate of drug-likeness (QED) is 0.751. The van der Waals surface area contributed by atoms with Gasteiger partial charge in [0.2, 0.25) is 0 Å². The normalized spacial score (nSPS) is 32.0. The first-order chi connectivity index (χ1) is 7.58. The Labute approximate surface area is 104 Å². The zero-order valence-electron chi connectivity index (χ0n) is 10.5. The Morgan fingerprint density at radius 1 is 1.44 bits per heavy atom. The highest BCUT2D eigenvalue weighted by atomic mass is 35.5. The van der Waals surface area contributed by atoms with Crippen LogP contribution in [0.3, 0.4) is 0 Å². The summed E-state index contributed by atoms with van der Waals surface area (Å²) in [6, 6.07) is 1.41. The van der Waals surface area contributed by atoms with E-state index in [0.717, 1.165) is 17.6 Å². The second kappa shape index (κ2) is 5.07. The highest BCUT2D eigenvalue weighted by Crippen LogP contribution is 2.28. The molecule has 0 aromatic heterocycles. The second-order valence-electron chi connectivity index (χ2n) is 5.55. The molecule has 0 saturated carbocycles. The fourth-order valence-corrected chi connectivity index (χ4v) is 3.29. The van der Waals surface area contributed by atoms with Crippen LogP contribution in [0.25, 0.3) is 0 Å². The molecule has 0 spiro atoms. The first kappa shape index (κ1) is 12.4. The van der Waals surface area contributed by atoms with Gasteiger partial charge in [-0.3, -0.25) is 9.80 Å². The first-order valence-corrected chi connectivity index (χ1v) is 6.77. The lowest BCUT2D eigenvalue weighted by Gasteiger charge is -2.45. The lowest BCUT2D eigenvalue weighted by Crippen LogP contribution is -2.57. The predicted molar refractivity (Wildman–Crippen MR) is 69.8 cm³/mol. The molecule has 2 unspecified atom stereocenters. The van der Waals surface area contributed by atoms with Crippen LogP contribution >= 0.6 is 11.6 Å². The molecule has 2 heterocycles. The van der Waals surface area contributed by atoms with Crippen molar-refractivity contribution in [2.24, 2.45) is 5.92 Å². The van der Waals surface area contributed by atoms with Gasteiger partial charge in [-0.1, -0.05) is 32.0 Å². The average Bonchev–Trinajstić information content (AvgIpc) is 2.62. The summed E-state index contributed by atoms with van der Waals surface area (Å²) in [5.41, 5.74) is 0. The molecule has 0 N–H and O–H groups in total. The van der Waals surface area contributed by atoms with Crippen LogP contribution in [-0.2, 0) is 0 Å². The molecule has 2 rings (SSSR count). The van der Waals surface area contributed by atoms with Crippen LogP contribution in [0.1, 0.15) is 26.7 Å².